The molecule has 1 atom stereocenters. The second kappa shape index (κ2) is 7.68. The van der Waals surface area contributed by atoms with E-state index in [1.54, 1.807) is 6.07 Å². The number of amides is 2. The third-order valence-electron chi connectivity index (χ3n) is 2.30. The minimum Gasteiger partial charge on any atom is -0.480 e. The summed E-state index contributed by atoms with van der Waals surface area (Å²) < 4.78 is 0.568. The molecule has 0 saturated heterocycles. The number of aliphatic hydroxyl groups excluding tert-OH is 1. The van der Waals surface area contributed by atoms with Crippen LogP contribution in [0, 0.1) is 0 Å². The summed E-state index contributed by atoms with van der Waals surface area (Å²) in [6.07, 6.45) is -0.0996. The summed E-state index contributed by atoms with van der Waals surface area (Å²) in [5, 5.41) is 22.5. The summed E-state index contributed by atoms with van der Waals surface area (Å²) in [5.41, 5.74) is 0.241. The molecule has 1 rings (SSSR count). The van der Waals surface area contributed by atoms with E-state index in [1.807, 2.05) is 0 Å². The van der Waals surface area contributed by atoms with Gasteiger partial charge in [0, 0.05) is 17.5 Å². The number of hydrogen-bond donors (Lipinski definition) is 4. The van der Waals surface area contributed by atoms with E-state index >= 15 is 0 Å². The van der Waals surface area contributed by atoms with Gasteiger partial charge in [-0.2, -0.15) is 0 Å². The SMILES string of the molecule is O=C(Nc1ccc(Br)c(Cl)c1Cl)NC(CCO)C(=O)O. The van der Waals surface area contributed by atoms with Crippen molar-refractivity contribution in [1.82, 2.24) is 5.32 Å². The maximum absolute atomic E-state index is 11.7. The van der Waals surface area contributed by atoms with Crippen LogP contribution in [-0.2, 0) is 4.79 Å². The zero-order chi connectivity index (χ0) is 15.3. The molecule has 1 aromatic rings. The molecule has 6 nitrogen and oxygen atoms in total. The fourth-order valence-electron chi connectivity index (χ4n) is 1.33. The van der Waals surface area contributed by atoms with Crippen LogP contribution in [0.15, 0.2) is 16.6 Å². The van der Waals surface area contributed by atoms with Gasteiger partial charge in [0.25, 0.3) is 0 Å². The summed E-state index contributed by atoms with van der Waals surface area (Å²) in [5.74, 6) is -1.24. The van der Waals surface area contributed by atoms with Gasteiger partial charge in [-0.25, -0.2) is 9.59 Å². The van der Waals surface area contributed by atoms with E-state index in [0.29, 0.717) is 4.47 Å². The lowest BCUT2D eigenvalue weighted by Gasteiger charge is -2.15. The highest BCUT2D eigenvalue weighted by Crippen LogP contribution is 2.35. The van der Waals surface area contributed by atoms with Crippen molar-refractivity contribution in [3.63, 3.8) is 0 Å². The molecule has 20 heavy (non-hydrogen) atoms. The number of rotatable bonds is 5. The zero-order valence-electron chi connectivity index (χ0n) is 9.99. The van der Waals surface area contributed by atoms with Gasteiger partial charge in [-0.05, 0) is 28.1 Å². The second-order valence-electron chi connectivity index (χ2n) is 3.72. The fourth-order valence-corrected chi connectivity index (χ4v) is 2.15. The molecule has 0 fully saturated rings. The van der Waals surface area contributed by atoms with Crippen LogP contribution < -0.4 is 10.6 Å². The van der Waals surface area contributed by atoms with Crippen molar-refractivity contribution in [3.8, 4) is 0 Å². The van der Waals surface area contributed by atoms with Crippen molar-refractivity contribution in [3.05, 3.63) is 26.7 Å². The van der Waals surface area contributed by atoms with Crippen LogP contribution in [0.5, 0.6) is 0 Å². The van der Waals surface area contributed by atoms with Crippen molar-refractivity contribution in [1.29, 1.82) is 0 Å². The van der Waals surface area contributed by atoms with Crippen molar-refractivity contribution in [2.75, 3.05) is 11.9 Å². The van der Waals surface area contributed by atoms with Gasteiger partial charge in [0.1, 0.15) is 6.04 Å². The lowest BCUT2D eigenvalue weighted by atomic mass is 10.2. The zero-order valence-corrected chi connectivity index (χ0v) is 13.1. The molecule has 9 heteroatoms. The van der Waals surface area contributed by atoms with Crippen molar-refractivity contribution >= 4 is 56.8 Å². The molecule has 0 spiro atoms. The Morgan fingerprint density at radius 3 is 2.50 bits per heavy atom. The molecule has 0 aliphatic carbocycles. The molecule has 110 valence electrons. The number of halogens is 3. The number of carbonyl (C=O) groups is 2. The molecular weight excluding hydrogens is 375 g/mol. The Balaban J connectivity index is 2.76. The Kier molecular flexibility index (Phi) is 6.54. The van der Waals surface area contributed by atoms with E-state index < -0.39 is 18.0 Å². The highest BCUT2D eigenvalue weighted by atomic mass is 79.9. The van der Waals surface area contributed by atoms with E-state index in [0.717, 1.165) is 0 Å². The fraction of sp³-hybridized carbons (Fsp3) is 0.273. The molecule has 0 saturated carbocycles. The average molecular weight is 386 g/mol. The second-order valence-corrected chi connectivity index (χ2v) is 5.33. The van der Waals surface area contributed by atoms with Crippen molar-refractivity contribution in [2.24, 2.45) is 0 Å². The van der Waals surface area contributed by atoms with Crippen LogP contribution in [-0.4, -0.2) is 34.9 Å². The number of urea groups is 1. The minimum absolute atomic E-state index is 0.0996. The number of carboxylic acids is 1. The standard InChI is InChI=1S/C11H11BrCl2N2O4/c12-5-1-2-6(9(14)8(5)13)15-11(20)16-7(3-4-17)10(18)19/h1-2,7,17H,3-4H2,(H,18,19)(H2,15,16,20). The Hall–Kier alpha value is -1.02. The van der Waals surface area contributed by atoms with Gasteiger partial charge in [-0.15, -0.1) is 0 Å². The first kappa shape index (κ1) is 17.0. The normalized spacial score (nSPS) is 11.8. The predicted octanol–water partition coefficient (Wildman–Crippen LogP) is 2.71. The molecule has 0 aliphatic heterocycles. The number of carboxylic acid groups (broad SMARTS) is 1. The minimum atomic E-state index is -1.24. The van der Waals surface area contributed by atoms with Gasteiger partial charge in [0.2, 0.25) is 0 Å². The Bertz CT molecular complexity index is 527. The van der Waals surface area contributed by atoms with E-state index in [1.165, 1.54) is 6.07 Å². The first-order valence-electron chi connectivity index (χ1n) is 5.41. The molecule has 0 bridgehead atoms. The highest BCUT2D eigenvalue weighted by Gasteiger charge is 2.20. The lowest BCUT2D eigenvalue weighted by Crippen LogP contribution is -2.43. The number of aliphatic carboxylic acids is 1. The summed E-state index contributed by atoms with van der Waals surface area (Å²) in [6.45, 7) is -0.359. The van der Waals surface area contributed by atoms with Crippen molar-refractivity contribution in [2.45, 2.75) is 12.5 Å². The van der Waals surface area contributed by atoms with E-state index in [4.69, 9.17) is 33.4 Å². The Labute approximate surface area is 133 Å². The van der Waals surface area contributed by atoms with Gasteiger partial charge in [-0.3, -0.25) is 0 Å². The number of anilines is 1. The number of carbonyl (C=O) groups excluding carboxylic acids is 1. The molecule has 0 radical (unpaired) electrons. The van der Waals surface area contributed by atoms with Crippen molar-refractivity contribution < 1.29 is 19.8 Å². The van der Waals surface area contributed by atoms with Gasteiger partial charge in [0.05, 0.1) is 15.7 Å². The summed E-state index contributed by atoms with van der Waals surface area (Å²) >= 11 is 15.0. The molecule has 0 aromatic heterocycles. The monoisotopic (exact) mass is 384 g/mol. The van der Waals surface area contributed by atoms with E-state index in [-0.39, 0.29) is 28.8 Å². The number of nitrogens with one attached hydrogen (secondary N) is 2. The number of hydrogen-bond acceptors (Lipinski definition) is 3. The number of aliphatic hydroxyl groups is 1. The quantitative estimate of drug-likeness (QED) is 0.585. The molecule has 2 amide bonds. The predicted molar refractivity (Wildman–Crippen MR) is 79.4 cm³/mol. The van der Waals surface area contributed by atoms with Gasteiger partial charge in [-0.1, -0.05) is 23.2 Å². The third kappa shape index (κ3) is 4.52. The first-order valence-corrected chi connectivity index (χ1v) is 6.96. The highest BCUT2D eigenvalue weighted by molar-refractivity contribution is 9.10. The molecule has 4 N–H and O–H groups in total. The summed E-state index contributed by atoms with van der Waals surface area (Å²) in [4.78, 5) is 22.5. The van der Waals surface area contributed by atoms with Gasteiger partial charge >= 0.3 is 12.0 Å². The maximum atomic E-state index is 11.7. The molecule has 0 heterocycles. The van der Waals surface area contributed by atoms with Crippen LogP contribution in [0.2, 0.25) is 10.0 Å². The molecular formula is C11H11BrCl2N2O4. The Morgan fingerprint density at radius 1 is 1.30 bits per heavy atom. The molecule has 1 unspecified atom stereocenters. The first-order chi connectivity index (χ1) is 9.36. The maximum Gasteiger partial charge on any atom is 0.326 e. The third-order valence-corrected chi connectivity index (χ3v) is 4.08. The summed E-state index contributed by atoms with van der Waals surface area (Å²) in [6, 6.07) is 1.15. The molecule has 1 aromatic carbocycles. The summed E-state index contributed by atoms with van der Waals surface area (Å²) in [7, 11) is 0. The van der Waals surface area contributed by atoms with Crippen LogP contribution >= 0.6 is 39.1 Å². The smallest absolute Gasteiger partial charge is 0.326 e. The number of benzene rings is 1. The topological polar surface area (TPSA) is 98.7 Å². The lowest BCUT2D eigenvalue weighted by molar-refractivity contribution is -0.139. The Morgan fingerprint density at radius 2 is 1.95 bits per heavy atom. The van der Waals surface area contributed by atoms with Crippen LogP contribution in [0.1, 0.15) is 6.42 Å². The van der Waals surface area contributed by atoms with E-state index in [2.05, 4.69) is 26.6 Å². The average Bonchev–Trinajstić information content (AvgIpc) is 2.39. The van der Waals surface area contributed by atoms with Crippen LogP contribution in [0.3, 0.4) is 0 Å². The van der Waals surface area contributed by atoms with Crippen LogP contribution in [0.4, 0.5) is 10.5 Å². The van der Waals surface area contributed by atoms with Gasteiger partial charge < -0.3 is 20.8 Å². The molecule has 0 aliphatic rings. The van der Waals surface area contributed by atoms with Gasteiger partial charge in [0.15, 0.2) is 0 Å². The van der Waals surface area contributed by atoms with Crippen LogP contribution in [0.25, 0.3) is 0 Å². The van der Waals surface area contributed by atoms with E-state index in [9.17, 15) is 9.59 Å². The largest absolute Gasteiger partial charge is 0.480 e.